The zero-order valence-electron chi connectivity index (χ0n) is 10.6. The fraction of sp³-hybridized carbons (Fsp3) is 0.333. The first-order valence-electron chi connectivity index (χ1n) is 6.53. The highest BCUT2D eigenvalue weighted by Gasteiger charge is 2.36. The van der Waals surface area contributed by atoms with Crippen molar-refractivity contribution in [1.29, 1.82) is 0 Å². The molecule has 1 aliphatic rings. The molecule has 1 aromatic carbocycles. The van der Waals surface area contributed by atoms with Crippen LogP contribution in [0.3, 0.4) is 0 Å². The second kappa shape index (κ2) is 4.63. The Hall–Kier alpha value is -1.94. The summed E-state index contributed by atoms with van der Waals surface area (Å²) in [6.45, 7) is 0. The van der Waals surface area contributed by atoms with Gasteiger partial charge in [-0.25, -0.2) is 4.68 Å². The molecule has 2 aromatic rings. The topological polar surface area (TPSA) is 55.1 Å². The Morgan fingerprint density at radius 2 is 1.79 bits per heavy atom. The molecule has 1 N–H and O–H groups in total. The Kier molecular flexibility index (Phi) is 2.95. The number of nitrogens with zero attached hydrogens (tertiary/aromatic N) is 2. The van der Waals surface area contributed by atoms with E-state index in [0.717, 1.165) is 11.4 Å². The largest absolute Gasteiger partial charge is 0.384 e. The van der Waals surface area contributed by atoms with Gasteiger partial charge in [-0.2, -0.15) is 5.10 Å². The van der Waals surface area contributed by atoms with E-state index in [-0.39, 0.29) is 5.78 Å². The fourth-order valence-corrected chi connectivity index (χ4v) is 2.63. The van der Waals surface area contributed by atoms with Gasteiger partial charge in [0.05, 0.1) is 11.4 Å². The van der Waals surface area contributed by atoms with Crippen LogP contribution in [0, 0.1) is 0 Å². The van der Waals surface area contributed by atoms with Gasteiger partial charge in [0, 0.05) is 19.0 Å². The second-order valence-electron chi connectivity index (χ2n) is 5.03. The van der Waals surface area contributed by atoms with Gasteiger partial charge in [0.25, 0.3) is 0 Å². The van der Waals surface area contributed by atoms with E-state index in [2.05, 4.69) is 5.10 Å². The van der Waals surface area contributed by atoms with Crippen LogP contribution in [0.15, 0.2) is 42.6 Å². The Morgan fingerprint density at radius 3 is 2.47 bits per heavy atom. The van der Waals surface area contributed by atoms with Crippen molar-refractivity contribution < 1.29 is 9.90 Å². The zero-order valence-corrected chi connectivity index (χ0v) is 10.6. The maximum Gasteiger partial charge on any atom is 0.133 e. The van der Waals surface area contributed by atoms with Gasteiger partial charge < -0.3 is 5.11 Å². The molecule has 98 valence electrons. The van der Waals surface area contributed by atoms with Crippen molar-refractivity contribution in [1.82, 2.24) is 9.78 Å². The van der Waals surface area contributed by atoms with E-state index in [1.807, 2.05) is 36.4 Å². The first-order valence-corrected chi connectivity index (χ1v) is 6.53. The predicted octanol–water partition coefficient (Wildman–Crippen LogP) is 2.20. The number of ketones is 1. The van der Waals surface area contributed by atoms with Crippen LogP contribution in [-0.4, -0.2) is 20.7 Å². The number of aromatic nitrogens is 2. The SMILES string of the molecule is O=C1CCC(O)(c2ccnn2-c2ccccc2)CC1. The number of para-hydroxylation sites is 1. The average molecular weight is 256 g/mol. The molecule has 0 spiro atoms. The number of hydrogen-bond donors (Lipinski definition) is 1. The molecule has 1 aliphatic carbocycles. The molecule has 1 fully saturated rings. The molecule has 0 unspecified atom stereocenters. The fourth-order valence-electron chi connectivity index (χ4n) is 2.63. The number of carbonyl (C=O) groups excluding carboxylic acids is 1. The number of hydrogen-bond acceptors (Lipinski definition) is 3. The molecule has 4 nitrogen and oxygen atoms in total. The number of carbonyl (C=O) groups is 1. The van der Waals surface area contributed by atoms with E-state index in [1.165, 1.54) is 0 Å². The minimum absolute atomic E-state index is 0.232. The minimum atomic E-state index is -0.944. The van der Waals surface area contributed by atoms with Crippen LogP contribution in [0.1, 0.15) is 31.4 Å². The van der Waals surface area contributed by atoms with Crippen molar-refractivity contribution in [2.24, 2.45) is 0 Å². The predicted molar refractivity (Wildman–Crippen MR) is 70.9 cm³/mol. The van der Waals surface area contributed by atoms with Crippen LogP contribution in [-0.2, 0) is 10.4 Å². The highest BCUT2D eigenvalue weighted by molar-refractivity contribution is 5.79. The van der Waals surface area contributed by atoms with Crippen molar-refractivity contribution in [3.05, 3.63) is 48.3 Å². The van der Waals surface area contributed by atoms with Gasteiger partial charge in [-0.05, 0) is 31.0 Å². The van der Waals surface area contributed by atoms with E-state index in [1.54, 1.807) is 10.9 Å². The quantitative estimate of drug-likeness (QED) is 0.896. The van der Waals surface area contributed by atoms with Crippen LogP contribution in [0.25, 0.3) is 5.69 Å². The highest BCUT2D eigenvalue weighted by Crippen LogP contribution is 2.36. The third-order valence-corrected chi connectivity index (χ3v) is 3.76. The Bertz CT molecular complexity index is 579. The number of rotatable bonds is 2. The van der Waals surface area contributed by atoms with Gasteiger partial charge in [0.2, 0.25) is 0 Å². The average Bonchev–Trinajstić information content (AvgIpc) is 2.93. The Balaban J connectivity index is 1.99. The molecule has 3 rings (SSSR count). The van der Waals surface area contributed by atoms with Crippen molar-refractivity contribution >= 4 is 5.78 Å². The third kappa shape index (κ3) is 2.19. The lowest BCUT2D eigenvalue weighted by molar-refractivity contribution is -0.126. The normalized spacial score (nSPS) is 18.5. The van der Waals surface area contributed by atoms with Crippen molar-refractivity contribution in [2.45, 2.75) is 31.3 Å². The molecule has 0 radical (unpaired) electrons. The summed E-state index contributed by atoms with van der Waals surface area (Å²) in [5.41, 5.74) is 0.749. The van der Waals surface area contributed by atoms with Crippen molar-refractivity contribution in [3.8, 4) is 5.69 Å². The number of aliphatic hydroxyl groups is 1. The van der Waals surface area contributed by atoms with Crippen LogP contribution >= 0.6 is 0 Å². The molecule has 1 saturated carbocycles. The van der Waals surface area contributed by atoms with Gasteiger partial charge in [-0.3, -0.25) is 4.79 Å². The monoisotopic (exact) mass is 256 g/mol. The number of Topliss-reactive ketones (excluding diaryl/α,β-unsaturated/α-hetero) is 1. The molecular formula is C15H16N2O2. The standard InChI is InChI=1S/C15H16N2O2/c18-13-6-9-15(19,10-7-13)14-8-11-16-17(14)12-4-2-1-3-5-12/h1-5,8,11,19H,6-7,9-10H2. The van der Waals surface area contributed by atoms with Crippen LogP contribution in [0.4, 0.5) is 0 Å². The molecule has 0 aliphatic heterocycles. The van der Waals surface area contributed by atoms with Crippen LogP contribution in [0.5, 0.6) is 0 Å². The van der Waals surface area contributed by atoms with Gasteiger partial charge in [0.1, 0.15) is 11.4 Å². The van der Waals surface area contributed by atoms with E-state index < -0.39 is 5.60 Å². The molecule has 0 saturated heterocycles. The van der Waals surface area contributed by atoms with E-state index in [0.29, 0.717) is 25.7 Å². The summed E-state index contributed by atoms with van der Waals surface area (Å²) in [5.74, 6) is 0.232. The molecule has 0 bridgehead atoms. The summed E-state index contributed by atoms with van der Waals surface area (Å²) in [6.07, 6.45) is 3.53. The lowest BCUT2D eigenvalue weighted by Crippen LogP contribution is -2.33. The van der Waals surface area contributed by atoms with E-state index in [4.69, 9.17) is 0 Å². The molecule has 4 heteroatoms. The van der Waals surface area contributed by atoms with Gasteiger partial charge in [0.15, 0.2) is 0 Å². The summed E-state index contributed by atoms with van der Waals surface area (Å²) in [6, 6.07) is 11.6. The second-order valence-corrected chi connectivity index (χ2v) is 5.03. The Morgan fingerprint density at radius 1 is 1.11 bits per heavy atom. The summed E-state index contributed by atoms with van der Waals surface area (Å²) < 4.78 is 1.76. The third-order valence-electron chi connectivity index (χ3n) is 3.76. The lowest BCUT2D eigenvalue weighted by atomic mass is 9.82. The molecule has 1 heterocycles. The van der Waals surface area contributed by atoms with Gasteiger partial charge in [-0.1, -0.05) is 18.2 Å². The zero-order chi connectivity index (χ0) is 13.3. The maximum atomic E-state index is 11.3. The van der Waals surface area contributed by atoms with E-state index in [9.17, 15) is 9.90 Å². The number of benzene rings is 1. The molecule has 0 atom stereocenters. The lowest BCUT2D eigenvalue weighted by Gasteiger charge is -2.31. The first kappa shape index (κ1) is 12.1. The molecule has 0 amide bonds. The van der Waals surface area contributed by atoms with Crippen LogP contribution < -0.4 is 0 Å². The van der Waals surface area contributed by atoms with E-state index >= 15 is 0 Å². The van der Waals surface area contributed by atoms with Crippen molar-refractivity contribution in [2.75, 3.05) is 0 Å². The smallest absolute Gasteiger partial charge is 0.133 e. The summed E-state index contributed by atoms with van der Waals surface area (Å²) in [7, 11) is 0. The van der Waals surface area contributed by atoms with Gasteiger partial charge in [-0.15, -0.1) is 0 Å². The summed E-state index contributed by atoms with van der Waals surface area (Å²) >= 11 is 0. The molecular weight excluding hydrogens is 240 g/mol. The maximum absolute atomic E-state index is 11.3. The molecule has 19 heavy (non-hydrogen) atoms. The summed E-state index contributed by atoms with van der Waals surface area (Å²) in [5, 5.41) is 15.1. The minimum Gasteiger partial charge on any atom is -0.384 e. The summed E-state index contributed by atoms with van der Waals surface area (Å²) in [4.78, 5) is 11.3. The van der Waals surface area contributed by atoms with Gasteiger partial charge >= 0.3 is 0 Å². The Labute approximate surface area is 111 Å². The van der Waals surface area contributed by atoms with Crippen molar-refractivity contribution in [3.63, 3.8) is 0 Å². The molecule has 1 aromatic heterocycles. The first-order chi connectivity index (χ1) is 9.19. The highest BCUT2D eigenvalue weighted by atomic mass is 16.3. The van der Waals surface area contributed by atoms with Crippen LogP contribution in [0.2, 0.25) is 0 Å².